The predicted molar refractivity (Wildman–Crippen MR) is 96.5 cm³/mol. The zero-order valence-electron chi connectivity index (χ0n) is 15.2. The van der Waals surface area contributed by atoms with Gasteiger partial charge in [0.1, 0.15) is 11.8 Å². The fourth-order valence-corrected chi connectivity index (χ4v) is 4.10. The third-order valence-corrected chi connectivity index (χ3v) is 5.57. The quantitative estimate of drug-likeness (QED) is 0.829. The Morgan fingerprint density at radius 2 is 1.88 bits per heavy atom. The van der Waals surface area contributed by atoms with Crippen molar-refractivity contribution in [3.05, 3.63) is 30.2 Å². The summed E-state index contributed by atoms with van der Waals surface area (Å²) >= 11 is 0. The Balaban J connectivity index is 1.51. The molecule has 4 rings (SSSR count). The summed E-state index contributed by atoms with van der Waals surface area (Å²) in [5.41, 5.74) is 0.879. The van der Waals surface area contributed by atoms with Gasteiger partial charge in [0.05, 0.1) is 7.11 Å². The van der Waals surface area contributed by atoms with E-state index in [0.29, 0.717) is 11.7 Å². The highest BCUT2D eigenvalue weighted by Gasteiger charge is 2.37. The van der Waals surface area contributed by atoms with Crippen molar-refractivity contribution in [2.45, 2.75) is 51.0 Å². The Labute approximate surface area is 153 Å². The minimum absolute atomic E-state index is 0.0797. The Morgan fingerprint density at radius 3 is 2.62 bits per heavy atom. The molecule has 2 fully saturated rings. The van der Waals surface area contributed by atoms with Crippen LogP contribution in [0.3, 0.4) is 0 Å². The molecular formula is C20H25N3O3. The van der Waals surface area contributed by atoms with Gasteiger partial charge in [-0.25, -0.2) is 0 Å². The van der Waals surface area contributed by atoms with E-state index in [1.165, 1.54) is 6.42 Å². The van der Waals surface area contributed by atoms with Crippen LogP contribution >= 0.6 is 0 Å². The molecule has 1 unspecified atom stereocenters. The molecule has 2 aromatic rings. The van der Waals surface area contributed by atoms with Crippen LogP contribution < -0.4 is 4.74 Å². The molecule has 138 valence electrons. The number of benzene rings is 1. The molecule has 1 saturated heterocycles. The average molecular weight is 355 g/mol. The number of ether oxygens (including phenoxy) is 1. The van der Waals surface area contributed by atoms with Crippen molar-refractivity contribution in [3.63, 3.8) is 0 Å². The molecule has 1 aliphatic carbocycles. The second-order valence-electron chi connectivity index (χ2n) is 7.21. The minimum atomic E-state index is -0.0797. The number of hydrogen-bond acceptors (Lipinski definition) is 5. The van der Waals surface area contributed by atoms with Crippen molar-refractivity contribution in [2.24, 2.45) is 5.92 Å². The van der Waals surface area contributed by atoms with Crippen LogP contribution in [0, 0.1) is 5.92 Å². The van der Waals surface area contributed by atoms with Crippen LogP contribution in [0.2, 0.25) is 0 Å². The Morgan fingerprint density at radius 1 is 1.12 bits per heavy atom. The highest BCUT2D eigenvalue weighted by atomic mass is 16.5. The number of likely N-dealkylation sites (tertiary alicyclic amines) is 1. The van der Waals surface area contributed by atoms with Crippen molar-refractivity contribution in [1.82, 2.24) is 15.0 Å². The molecule has 1 saturated carbocycles. The maximum absolute atomic E-state index is 13.0. The Hall–Kier alpha value is -2.37. The molecule has 6 nitrogen and oxygen atoms in total. The first-order chi connectivity index (χ1) is 12.8. The smallest absolute Gasteiger partial charge is 0.249 e. The lowest BCUT2D eigenvalue weighted by molar-refractivity contribution is -0.138. The second kappa shape index (κ2) is 7.48. The van der Waals surface area contributed by atoms with Crippen molar-refractivity contribution < 1.29 is 14.1 Å². The molecule has 6 heteroatoms. The fraction of sp³-hybridized carbons (Fsp3) is 0.550. The van der Waals surface area contributed by atoms with Crippen LogP contribution in [0.5, 0.6) is 5.75 Å². The van der Waals surface area contributed by atoms with Crippen molar-refractivity contribution in [1.29, 1.82) is 0 Å². The molecule has 2 heterocycles. The number of methoxy groups -OCH3 is 1. The molecule has 1 aliphatic heterocycles. The molecular weight excluding hydrogens is 330 g/mol. The fourth-order valence-electron chi connectivity index (χ4n) is 4.10. The first-order valence-electron chi connectivity index (χ1n) is 9.55. The van der Waals surface area contributed by atoms with E-state index in [-0.39, 0.29) is 17.9 Å². The second-order valence-corrected chi connectivity index (χ2v) is 7.21. The maximum atomic E-state index is 13.0. The third-order valence-electron chi connectivity index (χ3n) is 5.57. The van der Waals surface area contributed by atoms with Crippen LogP contribution in [0.25, 0.3) is 11.4 Å². The summed E-state index contributed by atoms with van der Waals surface area (Å²) in [4.78, 5) is 19.5. The van der Waals surface area contributed by atoms with Gasteiger partial charge in [-0.3, -0.25) is 4.79 Å². The van der Waals surface area contributed by atoms with Crippen LogP contribution in [0.15, 0.2) is 28.8 Å². The van der Waals surface area contributed by atoms with Gasteiger partial charge >= 0.3 is 0 Å². The van der Waals surface area contributed by atoms with Crippen molar-refractivity contribution in [2.75, 3.05) is 13.7 Å². The topological polar surface area (TPSA) is 68.5 Å². The van der Waals surface area contributed by atoms with E-state index in [1.807, 2.05) is 29.2 Å². The number of carbonyl (C=O) groups excluding carboxylic acids is 1. The largest absolute Gasteiger partial charge is 0.497 e. The van der Waals surface area contributed by atoms with E-state index in [2.05, 4.69) is 10.1 Å². The van der Waals surface area contributed by atoms with Crippen molar-refractivity contribution >= 4 is 5.91 Å². The van der Waals surface area contributed by atoms with Gasteiger partial charge in [0.25, 0.3) is 0 Å². The van der Waals surface area contributed by atoms with Crippen LogP contribution in [0.4, 0.5) is 0 Å². The van der Waals surface area contributed by atoms with E-state index in [0.717, 1.165) is 56.4 Å². The molecule has 1 aromatic carbocycles. The molecule has 0 radical (unpaired) electrons. The lowest BCUT2D eigenvalue weighted by Crippen LogP contribution is -2.36. The van der Waals surface area contributed by atoms with Crippen LogP contribution in [-0.4, -0.2) is 34.6 Å². The predicted octanol–water partition coefficient (Wildman–Crippen LogP) is 3.99. The number of aromatic nitrogens is 2. The van der Waals surface area contributed by atoms with Crippen molar-refractivity contribution in [3.8, 4) is 17.1 Å². The average Bonchev–Trinajstić information content (AvgIpc) is 3.37. The summed E-state index contributed by atoms with van der Waals surface area (Å²) in [7, 11) is 1.64. The number of carbonyl (C=O) groups is 1. The number of rotatable bonds is 4. The summed E-state index contributed by atoms with van der Waals surface area (Å²) in [5.74, 6) is 2.35. The first kappa shape index (κ1) is 17.1. The van der Waals surface area contributed by atoms with Gasteiger partial charge in [-0.1, -0.05) is 24.4 Å². The molecule has 0 N–H and O–H groups in total. The summed E-state index contributed by atoms with van der Waals surface area (Å²) in [6, 6.07) is 7.49. The highest BCUT2D eigenvalue weighted by molar-refractivity contribution is 5.79. The van der Waals surface area contributed by atoms with E-state index < -0.39 is 0 Å². The summed E-state index contributed by atoms with van der Waals surface area (Å²) in [5, 5.41) is 4.13. The Kier molecular flexibility index (Phi) is 4.91. The molecule has 0 spiro atoms. The highest BCUT2D eigenvalue weighted by Crippen LogP contribution is 2.35. The van der Waals surface area contributed by atoms with Gasteiger partial charge in [0, 0.05) is 18.0 Å². The molecule has 2 aliphatic rings. The zero-order valence-corrected chi connectivity index (χ0v) is 15.2. The normalized spacial score (nSPS) is 21.1. The summed E-state index contributed by atoms with van der Waals surface area (Å²) < 4.78 is 10.7. The molecule has 0 bridgehead atoms. The lowest BCUT2D eigenvalue weighted by Gasteiger charge is -2.29. The van der Waals surface area contributed by atoms with E-state index >= 15 is 0 Å². The molecule has 1 atom stereocenters. The van der Waals surface area contributed by atoms with Crippen LogP contribution in [-0.2, 0) is 4.79 Å². The maximum Gasteiger partial charge on any atom is 0.249 e. The summed E-state index contributed by atoms with van der Waals surface area (Å²) in [6.45, 7) is 0.792. The monoisotopic (exact) mass is 355 g/mol. The van der Waals surface area contributed by atoms with Gasteiger partial charge < -0.3 is 14.2 Å². The zero-order chi connectivity index (χ0) is 17.9. The van der Waals surface area contributed by atoms with Gasteiger partial charge in [0.15, 0.2) is 0 Å². The first-order valence-corrected chi connectivity index (χ1v) is 9.55. The lowest BCUT2D eigenvalue weighted by atomic mass is 9.88. The Bertz CT molecular complexity index is 750. The van der Waals surface area contributed by atoms with Gasteiger partial charge in [0.2, 0.25) is 17.6 Å². The molecule has 26 heavy (non-hydrogen) atoms. The third kappa shape index (κ3) is 3.32. The SMILES string of the molecule is COc1ccc(-c2noc(C3CCCN3C(=O)C3CCCCC3)n2)cc1. The van der Waals surface area contributed by atoms with Gasteiger partial charge in [-0.2, -0.15) is 4.98 Å². The molecule has 1 aromatic heterocycles. The number of hydrogen-bond donors (Lipinski definition) is 0. The minimum Gasteiger partial charge on any atom is -0.497 e. The molecule has 1 amide bonds. The van der Waals surface area contributed by atoms with Gasteiger partial charge in [-0.15, -0.1) is 0 Å². The van der Waals surface area contributed by atoms with E-state index in [9.17, 15) is 4.79 Å². The summed E-state index contributed by atoms with van der Waals surface area (Å²) in [6.07, 6.45) is 7.49. The van der Waals surface area contributed by atoms with E-state index in [4.69, 9.17) is 9.26 Å². The van der Waals surface area contributed by atoms with Gasteiger partial charge in [-0.05, 0) is 49.9 Å². The number of nitrogens with zero attached hydrogens (tertiary/aromatic N) is 3. The van der Waals surface area contributed by atoms with Crippen LogP contribution in [0.1, 0.15) is 56.9 Å². The number of amides is 1. The van der Waals surface area contributed by atoms with E-state index in [1.54, 1.807) is 7.11 Å². The standard InChI is InChI=1S/C20H25N3O3/c1-25-16-11-9-14(10-12-16)18-21-19(26-22-18)17-8-5-13-23(17)20(24)15-6-3-2-4-7-15/h9-12,15,17H,2-8,13H2,1H3.